The van der Waals surface area contributed by atoms with Crippen molar-refractivity contribution in [3.05, 3.63) is 0 Å². The molecule has 0 amide bonds. The minimum absolute atomic E-state index is 0. The predicted octanol–water partition coefficient (Wildman–Crippen LogP) is 3.03. The van der Waals surface area contributed by atoms with Crippen molar-refractivity contribution in [2.24, 2.45) is 0 Å². The predicted molar refractivity (Wildman–Crippen MR) is 100 cm³/mol. The molecular weight excluding hydrogens is 421 g/mol. The number of rotatable bonds is 12. The Hall–Kier alpha value is 1.10. The molecule has 0 aromatic heterocycles. The Kier molecular flexibility index (Phi) is 40.2. The van der Waals surface area contributed by atoms with Crippen LogP contribution in [0.25, 0.3) is 0 Å². The zero-order chi connectivity index (χ0) is 19.2. The van der Waals surface area contributed by atoms with Crippen LogP contribution >= 0.6 is 24.1 Å². The Morgan fingerprint density at radius 3 is 0.840 bits per heavy atom. The topological polar surface area (TPSA) is 120 Å². The summed E-state index contributed by atoms with van der Waals surface area (Å²) < 4.78 is 29.8. The van der Waals surface area contributed by atoms with E-state index in [1.807, 2.05) is 0 Å². The van der Waals surface area contributed by atoms with Crippen LogP contribution in [0.4, 0.5) is 0 Å². The van der Waals surface area contributed by atoms with E-state index >= 15 is 0 Å². The molecule has 1 radical (unpaired) electrons. The summed E-state index contributed by atoms with van der Waals surface area (Å²) in [6, 6.07) is 0. The second-order valence-electron chi connectivity index (χ2n) is 5.49. The molecular formula is C15H36CrO6P3. The quantitative estimate of drug-likeness (QED) is 0.328. The molecule has 0 heterocycles. The van der Waals surface area contributed by atoms with E-state index < -0.39 is 24.1 Å². The molecule has 0 aromatic rings. The Morgan fingerprint density at radius 1 is 0.520 bits per heavy atom. The van der Waals surface area contributed by atoms with E-state index in [4.69, 9.17) is 0 Å². The average molecular weight is 457 g/mol. The first-order valence-electron chi connectivity index (χ1n) is 8.91. The summed E-state index contributed by atoms with van der Waals surface area (Å²) in [7, 11) is -7.22. The summed E-state index contributed by atoms with van der Waals surface area (Å²) in [5.74, 6) is 0. The van der Waals surface area contributed by atoms with Gasteiger partial charge in [0.2, 0.25) is 0 Å². The molecule has 10 heteroatoms. The zero-order valence-corrected chi connectivity index (χ0v) is 20.1. The zero-order valence-electron chi connectivity index (χ0n) is 15.8. The first kappa shape index (κ1) is 33.7. The molecule has 0 rings (SSSR count). The molecule has 0 fully saturated rings. The molecule has 0 aromatic carbocycles. The standard InChI is InChI=1S/3C5H13O2P.Cr/c3*1-2-3-4-5-8(6)7;/h3*8H,2-5H2,1H3,(H,6,7);/q;;;+3/p-3. The maximum absolute atomic E-state index is 9.95. The van der Waals surface area contributed by atoms with Gasteiger partial charge in [0.25, 0.3) is 0 Å². The molecule has 0 bridgehead atoms. The van der Waals surface area contributed by atoms with Gasteiger partial charge in [-0.1, -0.05) is 59.3 Å². The summed E-state index contributed by atoms with van der Waals surface area (Å²) in [5.41, 5.74) is 0. The van der Waals surface area contributed by atoms with Gasteiger partial charge in [-0.15, -0.1) is 0 Å². The maximum atomic E-state index is 9.95. The third-order valence-electron chi connectivity index (χ3n) is 2.95. The van der Waals surface area contributed by atoms with Crippen molar-refractivity contribution in [2.75, 3.05) is 18.5 Å². The Bertz CT molecular complexity index is 272. The van der Waals surface area contributed by atoms with Gasteiger partial charge in [-0.25, -0.2) is 0 Å². The molecule has 0 spiro atoms. The van der Waals surface area contributed by atoms with E-state index in [0.717, 1.165) is 57.8 Å². The van der Waals surface area contributed by atoms with Crippen molar-refractivity contribution in [1.82, 2.24) is 0 Å². The molecule has 3 unspecified atom stereocenters. The maximum Gasteiger partial charge on any atom is 3.00 e. The summed E-state index contributed by atoms with van der Waals surface area (Å²) in [6.07, 6.45) is 10.1. The van der Waals surface area contributed by atoms with Crippen LogP contribution in [0.3, 0.4) is 0 Å². The van der Waals surface area contributed by atoms with Gasteiger partial charge in [-0.05, 0) is 37.7 Å². The molecule has 3 atom stereocenters. The van der Waals surface area contributed by atoms with Crippen LogP contribution < -0.4 is 14.7 Å². The van der Waals surface area contributed by atoms with E-state index in [-0.39, 0.29) is 17.4 Å². The summed E-state index contributed by atoms with van der Waals surface area (Å²) in [4.78, 5) is 29.8. The van der Waals surface area contributed by atoms with Crippen molar-refractivity contribution in [3.8, 4) is 0 Å². The van der Waals surface area contributed by atoms with E-state index in [9.17, 15) is 28.4 Å². The second kappa shape index (κ2) is 29.9. The van der Waals surface area contributed by atoms with Gasteiger partial charge in [0.1, 0.15) is 0 Å². The molecule has 0 N–H and O–H groups in total. The average Bonchev–Trinajstić information content (AvgIpc) is 2.48. The van der Waals surface area contributed by atoms with Gasteiger partial charge in [-0.2, -0.15) is 0 Å². The molecule has 0 saturated carbocycles. The smallest absolute Gasteiger partial charge is 0.802 e. The molecule has 0 aliphatic heterocycles. The second-order valence-corrected chi connectivity index (χ2v) is 9.22. The third-order valence-corrected chi connectivity index (χ3v) is 5.24. The molecule has 153 valence electrons. The van der Waals surface area contributed by atoms with Crippen LogP contribution in [0.5, 0.6) is 0 Å². The normalized spacial score (nSPS) is 13.2. The Morgan fingerprint density at radius 2 is 0.720 bits per heavy atom. The Balaban J connectivity index is -0.000000130. The molecule has 25 heavy (non-hydrogen) atoms. The van der Waals surface area contributed by atoms with E-state index in [1.54, 1.807) is 0 Å². The van der Waals surface area contributed by atoms with Gasteiger partial charge in [0.15, 0.2) is 0 Å². The largest absolute Gasteiger partial charge is 3.00 e. The van der Waals surface area contributed by atoms with Crippen molar-refractivity contribution < 1.29 is 45.7 Å². The first-order valence-corrected chi connectivity index (χ1v) is 13.5. The van der Waals surface area contributed by atoms with E-state index in [1.165, 1.54) is 0 Å². The minimum atomic E-state index is -2.41. The van der Waals surface area contributed by atoms with Gasteiger partial charge in [0, 0.05) is 24.1 Å². The van der Waals surface area contributed by atoms with Crippen molar-refractivity contribution in [2.45, 2.75) is 78.6 Å². The van der Waals surface area contributed by atoms with Crippen LogP contribution in [0.1, 0.15) is 78.6 Å². The van der Waals surface area contributed by atoms with Gasteiger partial charge >= 0.3 is 17.4 Å². The minimum Gasteiger partial charge on any atom is -0.802 e. The fraction of sp³-hybridized carbons (Fsp3) is 1.00. The molecule has 0 aliphatic rings. The van der Waals surface area contributed by atoms with E-state index in [2.05, 4.69) is 20.8 Å². The van der Waals surface area contributed by atoms with Crippen molar-refractivity contribution in [3.63, 3.8) is 0 Å². The van der Waals surface area contributed by atoms with Crippen LogP contribution in [-0.2, 0) is 31.1 Å². The number of unbranched alkanes of at least 4 members (excludes halogenated alkanes) is 6. The van der Waals surface area contributed by atoms with Crippen molar-refractivity contribution >= 4 is 24.1 Å². The van der Waals surface area contributed by atoms with Crippen molar-refractivity contribution in [1.29, 1.82) is 0 Å². The fourth-order valence-corrected chi connectivity index (χ4v) is 3.17. The first-order chi connectivity index (χ1) is 11.3. The Labute approximate surface area is 166 Å². The summed E-state index contributed by atoms with van der Waals surface area (Å²) in [5, 5.41) is 0. The van der Waals surface area contributed by atoms with Gasteiger partial charge in [-0.3, -0.25) is 0 Å². The monoisotopic (exact) mass is 457 g/mol. The van der Waals surface area contributed by atoms with Crippen LogP contribution in [-0.4, -0.2) is 18.5 Å². The number of hydrogen-bond acceptors (Lipinski definition) is 6. The molecule has 6 nitrogen and oxygen atoms in total. The van der Waals surface area contributed by atoms with Crippen LogP contribution in [0.2, 0.25) is 0 Å². The summed E-state index contributed by atoms with van der Waals surface area (Å²) in [6.45, 7) is 6.17. The van der Waals surface area contributed by atoms with Crippen LogP contribution in [0, 0.1) is 0 Å². The van der Waals surface area contributed by atoms with Crippen LogP contribution in [0.15, 0.2) is 0 Å². The third kappa shape index (κ3) is 51.7. The fourth-order valence-electron chi connectivity index (χ4n) is 1.56. The molecule has 0 aliphatic carbocycles. The van der Waals surface area contributed by atoms with Gasteiger partial charge < -0.3 is 28.4 Å². The SMILES string of the molecule is CCCCC[PH](=O)[O-].CCCCC[PH](=O)[O-].CCCCC[PH](=O)[O-].[Cr+3]. The van der Waals surface area contributed by atoms with Gasteiger partial charge in [0.05, 0.1) is 0 Å². The number of hydrogen-bond donors (Lipinski definition) is 0. The van der Waals surface area contributed by atoms with E-state index in [0.29, 0.717) is 18.5 Å². The molecule has 0 saturated heterocycles. The summed E-state index contributed by atoms with van der Waals surface area (Å²) >= 11 is 0.